The van der Waals surface area contributed by atoms with Gasteiger partial charge >= 0.3 is 0 Å². The van der Waals surface area contributed by atoms with E-state index < -0.39 is 10.0 Å². The average Bonchev–Trinajstić information content (AvgIpc) is 3.07. The molecule has 0 radical (unpaired) electrons. The fraction of sp³-hybridized carbons (Fsp3) is 0.375. The Kier molecular flexibility index (Phi) is 5.03. The van der Waals surface area contributed by atoms with Crippen molar-refractivity contribution < 1.29 is 8.42 Å². The summed E-state index contributed by atoms with van der Waals surface area (Å²) in [5.74, 6) is 1.33. The summed E-state index contributed by atoms with van der Waals surface area (Å²) in [5.41, 5.74) is 0.826. The van der Waals surface area contributed by atoms with Crippen LogP contribution in [-0.4, -0.2) is 31.5 Å². The van der Waals surface area contributed by atoms with Gasteiger partial charge in [0.15, 0.2) is 0 Å². The van der Waals surface area contributed by atoms with Crippen LogP contribution < -0.4 is 9.62 Å². The zero-order valence-corrected chi connectivity index (χ0v) is 14.9. The molecule has 2 heterocycles. The first-order chi connectivity index (χ1) is 11.4. The molecule has 1 fully saturated rings. The summed E-state index contributed by atoms with van der Waals surface area (Å²) < 4.78 is 27.2. The maximum Gasteiger partial charge on any atom is 0.240 e. The van der Waals surface area contributed by atoms with Crippen LogP contribution in [0.15, 0.2) is 35.2 Å². The van der Waals surface area contributed by atoms with Crippen LogP contribution in [0.25, 0.3) is 0 Å². The third-order valence-electron chi connectivity index (χ3n) is 3.86. The third-order valence-corrected chi connectivity index (χ3v) is 5.53. The largest absolute Gasteiger partial charge is 0.357 e. The number of rotatable bonds is 5. The standard InChI is InChI=1S/C16H19ClN4O2S/c1-12-10-16(21-8-2-3-9-21)20-15(19-12)11-18-24(22,23)14-6-4-13(17)5-7-14/h4-7,10,18H,2-3,8-9,11H2,1H3. The molecule has 1 aromatic carbocycles. The summed E-state index contributed by atoms with van der Waals surface area (Å²) in [6.45, 7) is 3.89. The van der Waals surface area contributed by atoms with Gasteiger partial charge in [0.1, 0.15) is 11.6 Å². The molecule has 0 aliphatic carbocycles. The van der Waals surface area contributed by atoms with Crippen molar-refractivity contribution in [3.63, 3.8) is 0 Å². The molecular formula is C16H19ClN4O2S. The minimum atomic E-state index is -3.62. The van der Waals surface area contributed by atoms with Gasteiger partial charge in [-0.1, -0.05) is 11.6 Å². The highest BCUT2D eigenvalue weighted by Crippen LogP contribution is 2.19. The Balaban J connectivity index is 1.75. The molecular weight excluding hydrogens is 348 g/mol. The molecule has 1 saturated heterocycles. The van der Waals surface area contributed by atoms with Crippen molar-refractivity contribution in [3.8, 4) is 0 Å². The molecule has 0 saturated carbocycles. The van der Waals surface area contributed by atoms with Gasteiger partial charge in [0.2, 0.25) is 10.0 Å². The molecule has 3 rings (SSSR count). The van der Waals surface area contributed by atoms with E-state index in [-0.39, 0.29) is 11.4 Å². The maximum atomic E-state index is 12.3. The van der Waals surface area contributed by atoms with Crippen LogP contribution in [-0.2, 0) is 16.6 Å². The number of aryl methyl sites for hydroxylation is 1. The van der Waals surface area contributed by atoms with E-state index in [1.54, 1.807) is 12.1 Å². The SMILES string of the molecule is Cc1cc(N2CCCC2)nc(CNS(=O)(=O)c2ccc(Cl)cc2)n1. The fourth-order valence-corrected chi connectivity index (χ4v) is 3.76. The highest BCUT2D eigenvalue weighted by Gasteiger charge is 2.17. The number of halogens is 1. The number of benzene rings is 1. The van der Waals surface area contributed by atoms with Crippen molar-refractivity contribution >= 4 is 27.4 Å². The van der Waals surface area contributed by atoms with Crippen LogP contribution >= 0.6 is 11.6 Å². The van der Waals surface area contributed by atoms with E-state index in [2.05, 4.69) is 19.6 Å². The van der Waals surface area contributed by atoms with Gasteiger partial charge in [-0.3, -0.25) is 0 Å². The van der Waals surface area contributed by atoms with E-state index in [4.69, 9.17) is 11.6 Å². The second-order valence-electron chi connectivity index (χ2n) is 5.76. The molecule has 24 heavy (non-hydrogen) atoms. The smallest absolute Gasteiger partial charge is 0.240 e. The quantitative estimate of drug-likeness (QED) is 0.880. The summed E-state index contributed by atoms with van der Waals surface area (Å²) in [6.07, 6.45) is 2.31. The molecule has 0 bridgehead atoms. The zero-order chi connectivity index (χ0) is 17.2. The molecule has 1 aromatic heterocycles. The van der Waals surface area contributed by atoms with Gasteiger partial charge in [0.25, 0.3) is 0 Å². The van der Waals surface area contributed by atoms with Crippen molar-refractivity contribution in [3.05, 3.63) is 46.9 Å². The van der Waals surface area contributed by atoms with Crippen molar-refractivity contribution in [2.45, 2.75) is 31.2 Å². The third kappa shape index (κ3) is 4.03. The Morgan fingerprint density at radius 2 is 1.83 bits per heavy atom. The van der Waals surface area contributed by atoms with E-state index in [9.17, 15) is 8.42 Å². The lowest BCUT2D eigenvalue weighted by atomic mass is 10.4. The summed E-state index contributed by atoms with van der Waals surface area (Å²) in [4.78, 5) is 11.2. The lowest BCUT2D eigenvalue weighted by molar-refractivity contribution is 0.579. The number of anilines is 1. The maximum absolute atomic E-state index is 12.3. The minimum absolute atomic E-state index is 0.0491. The summed E-state index contributed by atoms with van der Waals surface area (Å²) in [5, 5.41) is 0.492. The fourth-order valence-electron chi connectivity index (χ4n) is 2.66. The van der Waals surface area contributed by atoms with Crippen molar-refractivity contribution in [2.24, 2.45) is 0 Å². The van der Waals surface area contributed by atoms with Gasteiger partial charge < -0.3 is 4.90 Å². The lowest BCUT2D eigenvalue weighted by Crippen LogP contribution is -2.25. The van der Waals surface area contributed by atoms with Crippen molar-refractivity contribution in [1.29, 1.82) is 0 Å². The Morgan fingerprint density at radius 3 is 2.50 bits per heavy atom. The Labute approximate surface area is 146 Å². The molecule has 0 atom stereocenters. The molecule has 0 unspecified atom stereocenters. The molecule has 1 aliphatic rings. The topological polar surface area (TPSA) is 75.2 Å². The van der Waals surface area contributed by atoms with E-state index in [1.165, 1.54) is 12.1 Å². The predicted octanol–water partition coefficient (Wildman–Crippen LogP) is 2.52. The zero-order valence-electron chi connectivity index (χ0n) is 13.4. The highest BCUT2D eigenvalue weighted by molar-refractivity contribution is 7.89. The summed E-state index contributed by atoms with van der Waals surface area (Å²) in [7, 11) is -3.62. The van der Waals surface area contributed by atoms with Crippen molar-refractivity contribution in [1.82, 2.24) is 14.7 Å². The lowest BCUT2D eigenvalue weighted by Gasteiger charge is -2.17. The first-order valence-electron chi connectivity index (χ1n) is 7.79. The van der Waals surface area contributed by atoms with E-state index >= 15 is 0 Å². The molecule has 1 N–H and O–H groups in total. The van der Waals surface area contributed by atoms with Crippen LogP contribution in [0, 0.1) is 6.92 Å². The number of hydrogen-bond donors (Lipinski definition) is 1. The number of nitrogens with zero attached hydrogens (tertiary/aromatic N) is 3. The van der Waals surface area contributed by atoms with Gasteiger partial charge in [0.05, 0.1) is 11.4 Å². The van der Waals surface area contributed by atoms with Crippen molar-refractivity contribution in [2.75, 3.05) is 18.0 Å². The number of nitrogens with one attached hydrogen (secondary N) is 1. The van der Waals surface area contributed by atoms with Gasteiger partial charge in [0, 0.05) is 29.9 Å². The molecule has 128 valence electrons. The first kappa shape index (κ1) is 17.1. The average molecular weight is 367 g/mol. The number of aromatic nitrogens is 2. The van der Waals surface area contributed by atoms with E-state index in [1.807, 2.05) is 13.0 Å². The molecule has 1 aliphatic heterocycles. The predicted molar refractivity (Wildman–Crippen MR) is 93.7 cm³/mol. The van der Waals surface area contributed by atoms with Gasteiger partial charge in [-0.25, -0.2) is 23.1 Å². The number of sulfonamides is 1. The van der Waals surface area contributed by atoms with Gasteiger partial charge in [-0.05, 0) is 44.0 Å². The monoisotopic (exact) mass is 366 g/mol. The Bertz CT molecular complexity index is 818. The minimum Gasteiger partial charge on any atom is -0.357 e. The molecule has 0 amide bonds. The molecule has 0 spiro atoms. The van der Waals surface area contributed by atoms with Gasteiger partial charge in [-0.2, -0.15) is 0 Å². The summed E-state index contributed by atoms with van der Waals surface area (Å²) in [6, 6.07) is 7.97. The Morgan fingerprint density at radius 1 is 1.17 bits per heavy atom. The van der Waals surface area contributed by atoms with Crippen LogP contribution in [0.2, 0.25) is 5.02 Å². The first-order valence-corrected chi connectivity index (χ1v) is 9.65. The second-order valence-corrected chi connectivity index (χ2v) is 7.96. The number of hydrogen-bond acceptors (Lipinski definition) is 5. The van der Waals surface area contributed by atoms with Crippen LogP contribution in [0.5, 0.6) is 0 Å². The van der Waals surface area contributed by atoms with Gasteiger partial charge in [-0.15, -0.1) is 0 Å². The second kappa shape index (κ2) is 7.04. The summed E-state index contributed by atoms with van der Waals surface area (Å²) >= 11 is 5.79. The van der Waals surface area contributed by atoms with E-state index in [0.29, 0.717) is 10.8 Å². The van der Waals surface area contributed by atoms with Crippen LogP contribution in [0.3, 0.4) is 0 Å². The normalized spacial score (nSPS) is 15.0. The Hall–Kier alpha value is -1.70. The molecule has 8 heteroatoms. The van der Waals surface area contributed by atoms with Crippen LogP contribution in [0.4, 0.5) is 5.82 Å². The molecule has 6 nitrogen and oxygen atoms in total. The van der Waals surface area contributed by atoms with E-state index in [0.717, 1.165) is 37.4 Å². The van der Waals surface area contributed by atoms with Crippen LogP contribution in [0.1, 0.15) is 24.4 Å². The highest BCUT2D eigenvalue weighted by atomic mass is 35.5. The molecule has 2 aromatic rings.